The molecule has 1 saturated heterocycles. The Morgan fingerprint density at radius 3 is 2.78 bits per heavy atom. The van der Waals surface area contributed by atoms with E-state index in [0.29, 0.717) is 28.2 Å². The number of hydrogen-bond acceptors (Lipinski definition) is 5. The number of nitrogens with zero attached hydrogens (tertiary/aromatic N) is 4. The van der Waals surface area contributed by atoms with Crippen LogP contribution in [0.1, 0.15) is 18.4 Å². The number of aromatic nitrogens is 3. The van der Waals surface area contributed by atoms with Crippen molar-refractivity contribution in [1.29, 1.82) is 0 Å². The van der Waals surface area contributed by atoms with Gasteiger partial charge < -0.3 is 19.4 Å². The standard InChI is InChI=1S/C26H27BClF2N5O/c1-36-19-5-6-20(21(28)11-19)24-10-18-13-32-26(31-12-16-4-7-22(29)23(30)9-16)33-25(18)35(24)15-17-3-2-8-34(27)14-17/h4-7,9-11,13,17H,2-3,8,12,14-15,27H2,1H3,(H,31,32,33)/t17-/m1/s1. The number of fused-ring (bicyclic) bond motifs is 1. The second-order valence-electron chi connectivity index (χ2n) is 9.33. The summed E-state index contributed by atoms with van der Waals surface area (Å²) in [5.74, 6) is -0.155. The van der Waals surface area contributed by atoms with Crippen molar-refractivity contribution >= 4 is 36.6 Å². The minimum atomic E-state index is -0.877. The van der Waals surface area contributed by atoms with Crippen molar-refractivity contribution in [1.82, 2.24) is 19.3 Å². The van der Waals surface area contributed by atoms with E-state index in [-0.39, 0.29) is 6.54 Å². The number of halogens is 3. The molecule has 0 aliphatic carbocycles. The molecule has 0 amide bonds. The fourth-order valence-corrected chi connectivity index (χ4v) is 5.14. The molecule has 0 bridgehead atoms. The molecule has 6 nitrogen and oxygen atoms in total. The van der Waals surface area contributed by atoms with Crippen LogP contribution in [0.15, 0.2) is 48.7 Å². The molecule has 2 aromatic heterocycles. The summed E-state index contributed by atoms with van der Waals surface area (Å²) < 4.78 is 34.4. The molecule has 1 aliphatic heterocycles. The highest BCUT2D eigenvalue weighted by Gasteiger charge is 2.22. The van der Waals surface area contributed by atoms with Gasteiger partial charge in [0, 0.05) is 30.2 Å². The molecule has 0 spiro atoms. The molecule has 36 heavy (non-hydrogen) atoms. The maximum Gasteiger partial charge on any atom is 0.224 e. The zero-order valence-corrected chi connectivity index (χ0v) is 21.0. The van der Waals surface area contributed by atoms with Gasteiger partial charge in [-0.05, 0) is 73.8 Å². The Balaban J connectivity index is 1.51. The number of anilines is 1. The van der Waals surface area contributed by atoms with E-state index in [1.165, 1.54) is 12.1 Å². The van der Waals surface area contributed by atoms with Gasteiger partial charge in [0.25, 0.3) is 0 Å². The van der Waals surface area contributed by atoms with Crippen LogP contribution in [0.4, 0.5) is 14.7 Å². The van der Waals surface area contributed by atoms with Gasteiger partial charge in [-0.15, -0.1) is 0 Å². The van der Waals surface area contributed by atoms with E-state index in [9.17, 15) is 8.78 Å². The minimum Gasteiger partial charge on any atom is -0.497 e. The topological polar surface area (TPSA) is 55.2 Å². The molecule has 0 unspecified atom stereocenters. The van der Waals surface area contributed by atoms with E-state index in [1.807, 2.05) is 18.2 Å². The van der Waals surface area contributed by atoms with Gasteiger partial charge in [-0.2, -0.15) is 4.98 Å². The first-order valence-electron chi connectivity index (χ1n) is 12.0. The largest absolute Gasteiger partial charge is 0.497 e. The lowest BCUT2D eigenvalue weighted by molar-refractivity contribution is 0.254. The average Bonchev–Trinajstić information content (AvgIpc) is 3.21. The summed E-state index contributed by atoms with van der Waals surface area (Å²) in [6.07, 6.45) is 4.08. The van der Waals surface area contributed by atoms with Gasteiger partial charge in [0.1, 0.15) is 11.4 Å². The summed E-state index contributed by atoms with van der Waals surface area (Å²) in [7, 11) is 3.77. The summed E-state index contributed by atoms with van der Waals surface area (Å²) in [6, 6.07) is 11.6. The van der Waals surface area contributed by atoms with Crippen LogP contribution in [0.3, 0.4) is 0 Å². The Labute approximate surface area is 214 Å². The second kappa shape index (κ2) is 10.4. The van der Waals surface area contributed by atoms with E-state index in [4.69, 9.17) is 21.3 Å². The van der Waals surface area contributed by atoms with Crippen LogP contribution < -0.4 is 10.1 Å². The predicted octanol–water partition coefficient (Wildman–Crippen LogP) is 4.91. The molecule has 0 saturated carbocycles. The number of ether oxygens (including phenoxy) is 1. The lowest BCUT2D eigenvalue weighted by atomic mass is 9.95. The quantitative estimate of drug-likeness (QED) is 0.359. The van der Waals surface area contributed by atoms with E-state index in [0.717, 1.165) is 60.8 Å². The van der Waals surface area contributed by atoms with E-state index < -0.39 is 11.6 Å². The minimum absolute atomic E-state index is 0.272. The number of hydrogen-bond donors (Lipinski definition) is 1. The molecule has 10 heteroatoms. The van der Waals surface area contributed by atoms with Crippen molar-refractivity contribution in [2.75, 3.05) is 25.5 Å². The molecule has 2 aromatic carbocycles. The third-order valence-corrected chi connectivity index (χ3v) is 7.00. The van der Waals surface area contributed by atoms with Crippen molar-refractivity contribution in [3.05, 3.63) is 70.9 Å². The molecule has 3 heterocycles. The predicted molar refractivity (Wildman–Crippen MR) is 141 cm³/mol. The van der Waals surface area contributed by atoms with Gasteiger partial charge >= 0.3 is 0 Å². The van der Waals surface area contributed by atoms with Crippen LogP contribution in [0.2, 0.25) is 5.02 Å². The highest BCUT2D eigenvalue weighted by Crippen LogP contribution is 2.35. The van der Waals surface area contributed by atoms with Gasteiger partial charge in [-0.25, -0.2) is 13.8 Å². The first kappa shape index (κ1) is 24.5. The lowest BCUT2D eigenvalue weighted by Crippen LogP contribution is -2.35. The van der Waals surface area contributed by atoms with Crippen molar-refractivity contribution in [2.45, 2.75) is 25.9 Å². The number of benzene rings is 2. The summed E-state index contributed by atoms with van der Waals surface area (Å²) in [5.41, 5.74) is 3.27. The smallest absolute Gasteiger partial charge is 0.224 e. The van der Waals surface area contributed by atoms with Gasteiger partial charge in [-0.3, -0.25) is 0 Å². The Kier molecular flexibility index (Phi) is 7.12. The summed E-state index contributed by atoms with van der Waals surface area (Å²) in [5, 5.41) is 4.64. The summed E-state index contributed by atoms with van der Waals surface area (Å²) in [6.45, 7) is 3.20. The molecule has 1 atom stereocenters. The van der Waals surface area contributed by atoms with Crippen LogP contribution >= 0.6 is 11.6 Å². The number of nitrogens with one attached hydrogen (secondary N) is 1. The monoisotopic (exact) mass is 509 g/mol. The van der Waals surface area contributed by atoms with Crippen molar-refractivity contribution < 1.29 is 13.5 Å². The zero-order chi connectivity index (χ0) is 25.2. The van der Waals surface area contributed by atoms with Gasteiger partial charge in [0.05, 0.1) is 17.8 Å². The maximum absolute atomic E-state index is 13.6. The summed E-state index contributed by atoms with van der Waals surface area (Å²) >= 11 is 6.67. The molecule has 1 aliphatic rings. The molecule has 0 radical (unpaired) electrons. The van der Waals surface area contributed by atoms with Crippen LogP contribution in [-0.2, 0) is 13.1 Å². The SMILES string of the molecule is BN1CCC[C@@H](Cn2c(-c3ccc(OC)cc3Cl)cc3cnc(NCc4ccc(F)c(F)c4)nc32)C1. The van der Waals surface area contributed by atoms with Crippen LogP contribution in [0, 0.1) is 17.6 Å². The molecule has 1 fully saturated rings. The number of piperidine rings is 1. The first-order chi connectivity index (χ1) is 17.4. The van der Waals surface area contributed by atoms with Crippen molar-refractivity contribution in [3.8, 4) is 17.0 Å². The highest BCUT2D eigenvalue weighted by atomic mass is 35.5. The molecule has 1 N–H and O–H groups in total. The Morgan fingerprint density at radius 2 is 2.03 bits per heavy atom. The normalized spacial score (nSPS) is 16.4. The zero-order valence-electron chi connectivity index (χ0n) is 20.3. The average molecular weight is 510 g/mol. The lowest BCUT2D eigenvalue weighted by Gasteiger charge is -2.31. The van der Waals surface area contributed by atoms with Gasteiger partial charge in [0.2, 0.25) is 5.95 Å². The fourth-order valence-electron chi connectivity index (χ4n) is 4.87. The van der Waals surface area contributed by atoms with Crippen molar-refractivity contribution in [3.63, 3.8) is 0 Å². The molecule has 5 rings (SSSR count). The Bertz CT molecular complexity index is 1400. The summed E-state index contributed by atoms with van der Waals surface area (Å²) in [4.78, 5) is 11.6. The molecule has 186 valence electrons. The van der Waals surface area contributed by atoms with Crippen molar-refractivity contribution in [2.24, 2.45) is 5.92 Å². The Morgan fingerprint density at radius 1 is 1.17 bits per heavy atom. The highest BCUT2D eigenvalue weighted by molar-refractivity contribution is 6.33. The molecular weight excluding hydrogens is 483 g/mol. The third kappa shape index (κ3) is 5.17. The van der Waals surface area contributed by atoms with E-state index in [1.54, 1.807) is 13.3 Å². The fraction of sp³-hybridized carbons (Fsp3) is 0.308. The second-order valence-corrected chi connectivity index (χ2v) is 9.74. The van der Waals surface area contributed by atoms with Crippen LogP contribution in [-0.4, -0.2) is 47.5 Å². The van der Waals surface area contributed by atoms with Crippen LogP contribution in [0.5, 0.6) is 5.75 Å². The maximum atomic E-state index is 13.6. The van der Waals surface area contributed by atoms with Gasteiger partial charge in [-0.1, -0.05) is 17.7 Å². The van der Waals surface area contributed by atoms with E-state index in [2.05, 4.69) is 33.7 Å². The molecular formula is C26H27BClF2N5O. The molecule has 4 aromatic rings. The van der Waals surface area contributed by atoms with Gasteiger partial charge in [0.15, 0.2) is 19.6 Å². The number of methoxy groups -OCH3 is 1. The Hall–Kier alpha value is -3.17. The van der Waals surface area contributed by atoms with E-state index >= 15 is 0 Å². The number of rotatable bonds is 7. The van der Waals surface area contributed by atoms with Crippen LogP contribution in [0.25, 0.3) is 22.3 Å². The first-order valence-corrected chi connectivity index (χ1v) is 12.4. The third-order valence-electron chi connectivity index (χ3n) is 6.68.